The number of benzene rings is 2. The maximum Gasteiger partial charge on any atom is 0.311 e. The number of esters is 1. The van der Waals surface area contributed by atoms with Crippen LogP contribution in [0, 0.1) is 12.8 Å². The number of amides is 2. The molecular formula is C26H31N3O4. The maximum absolute atomic E-state index is 13.8. The number of rotatable bonds is 5. The summed E-state index contributed by atoms with van der Waals surface area (Å²) in [7, 11) is 0. The minimum absolute atomic E-state index is 0.107. The van der Waals surface area contributed by atoms with Crippen molar-refractivity contribution < 1.29 is 19.1 Å². The van der Waals surface area contributed by atoms with Crippen molar-refractivity contribution in [1.29, 1.82) is 0 Å². The SMILES string of the molecule is CCOC(=O)C1CC(C(=O)N2CCNCC2)N(C(=O)c2ccccc2)C1c1ccc(C)cc1. The number of carbonyl (C=O) groups is 3. The summed E-state index contributed by atoms with van der Waals surface area (Å²) in [5.74, 6) is -1.34. The fourth-order valence-electron chi connectivity index (χ4n) is 4.82. The first kappa shape index (κ1) is 23.0. The number of aryl methyl sites for hydroxylation is 1. The van der Waals surface area contributed by atoms with Gasteiger partial charge in [0.1, 0.15) is 6.04 Å². The number of nitrogens with one attached hydrogen (secondary N) is 1. The molecule has 0 saturated carbocycles. The van der Waals surface area contributed by atoms with Gasteiger partial charge in [-0.1, -0.05) is 48.0 Å². The second-order valence-electron chi connectivity index (χ2n) is 8.62. The molecule has 2 fully saturated rings. The van der Waals surface area contributed by atoms with Crippen LogP contribution in [0.4, 0.5) is 0 Å². The maximum atomic E-state index is 13.8. The minimum Gasteiger partial charge on any atom is -0.466 e. The lowest BCUT2D eigenvalue weighted by Gasteiger charge is -2.35. The second kappa shape index (κ2) is 10.2. The van der Waals surface area contributed by atoms with Gasteiger partial charge in [0, 0.05) is 31.7 Å². The van der Waals surface area contributed by atoms with Gasteiger partial charge in [-0.2, -0.15) is 0 Å². The molecule has 2 aliphatic rings. The van der Waals surface area contributed by atoms with Crippen molar-refractivity contribution in [3.8, 4) is 0 Å². The molecular weight excluding hydrogens is 418 g/mol. The topological polar surface area (TPSA) is 79.0 Å². The van der Waals surface area contributed by atoms with Crippen LogP contribution in [0.1, 0.15) is 40.9 Å². The average Bonchev–Trinajstić information content (AvgIpc) is 3.25. The molecule has 2 heterocycles. The summed E-state index contributed by atoms with van der Waals surface area (Å²) in [5, 5.41) is 3.26. The molecule has 2 saturated heterocycles. The molecule has 7 nitrogen and oxygen atoms in total. The van der Waals surface area contributed by atoms with Gasteiger partial charge in [-0.15, -0.1) is 0 Å². The Morgan fingerprint density at radius 1 is 1.00 bits per heavy atom. The van der Waals surface area contributed by atoms with Gasteiger partial charge < -0.3 is 19.9 Å². The fourth-order valence-corrected chi connectivity index (χ4v) is 4.82. The first-order chi connectivity index (χ1) is 16.0. The number of likely N-dealkylation sites (tertiary alicyclic amines) is 1. The molecule has 33 heavy (non-hydrogen) atoms. The Balaban J connectivity index is 1.78. The third-order valence-electron chi connectivity index (χ3n) is 6.47. The molecule has 0 aromatic heterocycles. The Bertz CT molecular complexity index is 986. The normalized spacial score (nSPS) is 22.8. The van der Waals surface area contributed by atoms with E-state index < -0.39 is 18.0 Å². The van der Waals surface area contributed by atoms with Gasteiger partial charge in [-0.25, -0.2) is 0 Å². The summed E-state index contributed by atoms with van der Waals surface area (Å²) in [4.78, 5) is 43.9. The highest BCUT2D eigenvalue weighted by Gasteiger charge is 2.52. The van der Waals surface area contributed by atoms with Gasteiger partial charge in [-0.3, -0.25) is 14.4 Å². The summed E-state index contributed by atoms with van der Waals surface area (Å²) in [6, 6.07) is 15.5. The summed E-state index contributed by atoms with van der Waals surface area (Å²) >= 11 is 0. The summed E-state index contributed by atoms with van der Waals surface area (Å²) in [6.07, 6.45) is 0.249. The van der Waals surface area contributed by atoms with Crippen molar-refractivity contribution in [3.63, 3.8) is 0 Å². The van der Waals surface area contributed by atoms with E-state index in [0.29, 0.717) is 31.7 Å². The van der Waals surface area contributed by atoms with Crippen molar-refractivity contribution >= 4 is 17.8 Å². The number of carbonyl (C=O) groups excluding carboxylic acids is 3. The van der Waals surface area contributed by atoms with E-state index in [2.05, 4.69) is 5.32 Å². The molecule has 174 valence electrons. The van der Waals surface area contributed by atoms with Gasteiger partial charge in [0.25, 0.3) is 5.91 Å². The number of hydrogen-bond donors (Lipinski definition) is 1. The Kier molecular flexibility index (Phi) is 7.08. The smallest absolute Gasteiger partial charge is 0.311 e. The van der Waals surface area contributed by atoms with Crippen molar-refractivity contribution in [3.05, 3.63) is 71.3 Å². The molecule has 2 aromatic rings. The molecule has 4 rings (SSSR count). The molecule has 0 radical (unpaired) electrons. The van der Waals surface area contributed by atoms with Crippen molar-refractivity contribution in [1.82, 2.24) is 15.1 Å². The zero-order valence-corrected chi connectivity index (χ0v) is 19.2. The Hall–Kier alpha value is -3.19. The van der Waals surface area contributed by atoms with E-state index >= 15 is 0 Å². The zero-order valence-electron chi connectivity index (χ0n) is 19.2. The van der Waals surface area contributed by atoms with Crippen LogP contribution < -0.4 is 5.32 Å². The number of nitrogens with zero attached hydrogens (tertiary/aromatic N) is 2. The summed E-state index contributed by atoms with van der Waals surface area (Å²) in [6.45, 7) is 6.61. The average molecular weight is 450 g/mol. The van der Waals surface area contributed by atoms with Gasteiger partial charge in [0.05, 0.1) is 18.6 Å². The molecule has 7 heteroatoms. The first-order valence-electron chi connectivity index (χ1n) is 11.6. The van der Waals surface area contributed by atoms with Crippen molar-refractivity contribution in [2.24, 2.45) is 5.92 Å². The standard InChI is InChI=1S/C26H31N3O4/c1-3-33-26(32)21-17-22(25(31)28-15-13-27-14-16-28)29(24(30)20-7-5-4-6-8-20)23(21)19-11-9-18(2)10-12-19/h4-12,21-23,27H,3,13-17H2,1-2H3. The monoisotopic (exact) mass is 449 g/mol. The lowest BCUT2D eigenvalue weighted by atomic mass is 9.92. The Morgan fingerprint density at radius 2 is 1.67 bits per heavy atom. The third-order valence-corrected chi connectivity index (χ3v) is 6.47. The van der Waals surface area contributed by atoms with E-state index in [4.69, 9.17) is 4.74 Å². The lowest BCUT2D eigenvalue weighted by molar-refractivity contribution is -0.148. The van der Waals surface area contributed by atoms with Gasteiger partial charge >= 0.3 is 5.97 Å². The van der Waals surface area contributed by atoms with Crippen LogP contribution in [-0.2, 0) is 14.3 Å². The Labute approximate surface area is 194 Å². The number of ether oxygens (including phenoxy) is 1. The van der Waals surface area contributed by atoms with E-state index in [0.717, 1.165) is 11.1 Å². The molecule has 2 aliphatic heterocycles. The highest BCUT2D eigenvalue weighted by atomic mass is 16.5. The molecule has 3 unspecified atom stereocenters. The third kappa shape index (κ3) is 4.78. The number of hydrogen-bond acceptors (Lipinski definition) is 5. The fraction of sp³-hybridized carbons (Fsp3) is 0.423. The largest absolute Gasteiger partial charge is 0.466 e. The van der Waals surface area contributed by atoms with E-state index in [1.807, 2.05) is 37.3 Å². The van der Waals surface area contributed by atoms with E-state index in [9.17, 15) is 14.4 Å². The van der Waals surface area contributed by atoms with Crippen LogP contribution in [0.25, 0.3) is 0 Å². The summed E-state index contributed by atoms with van der Waals surface area (Å²) < 4.78 is 5.40. The molecule has 1 N–H and O–H groups in total. The molecule has 0 spiro atoms. The number of piperazine rings is 1. The van der Waals surface area contributed by atoms with Gasteiger partial charge in [0.15, 0.2) is 0 Å². The molecule has 2 amide bonds. The van der Waals surface area contributed by atoms with Crippen LogP contribution in [-0.4, -0.2) is 66.4 Å². The van der Waals surface area contributed by atoms with Crippen LogP contribution in [0.5, 0.6) is 0 Å². The van der Waals surface area contributed by atoms with Crippen molar-refractivity contribution in [2.45, 2.75) is 32.4 Å². The lowest BCUT2D eigenvalue weighted by Crippen LogP contribution is -2.53. The molecule has 0 aliphatic carbocycles. The Morgan fingerprint density at radius 3 is 2.30 bits per heavy atom. The molecule has 2 aromatic carbocycles. The van der Waals surface area contributed by atoms with E-state index in [1.165, 1.54) is 0 Å². The quantitative estimate of drug-likeness (QED) is 0.710. The van der Waals surface area contributed by atoms with Crippen LogP contribution in [0.2, 0.25) is 0 Å². The zero-order chi connectivity index (χ0) is 23.4. The highest BCUT2D eigenvalue weighted by molar-refractivity contribution is 5.99. The van der Waals surface area contributed by atoms with Crippen LogP contribution >= 0.6 is 0 Å². The van der Waals surface area contributed by atoms with E-state index in [-0.39, 0.29) is 30.8 Å². The van der Waals surface area contributed by atoms with Crippen molar-refractivity contribution in [2.75, 3.05) is 32.8 Å². The van der Waals surface area contributed by atoms with E-state index in [1.54, 1.807) is 41.0 Å². The molecule has 3 atom stereocenters. The van der Waals surface area contributed by atoms with Crippen LogP contribution in [0.3, 0.4) is 0 Å². The van der Waals surface area contributed by atoms with Gasteiger partial charge in [0.2, 0.25) is 5.91 Å². The molecule has 0 bridgehead atoms. The first-order valence-corrected chi connectivity index (χ1v) is 11.6. The minimum atomic E-state index is -0.725. The van der Waals surface area contributed by atoms with Crippen LogP contribution in [0.15, 0.2) is 54.6 Å². The summed E-state index contributed by atoms with van der Waals surface area (Å²) in [5.41, 5.74) is 2.41. The van der Waals surface area contributed by atoms with Gasteiger partial charge in [-0.05, 0) is 38.0 Å². The predicted molar refractivity (Wildman–Crippen MR) is 125 cm³/mol. The predicted octanol–water partition coefficient (Wildman–Crippen LogP) is 2.56. The highest BCUT2D eigenvalue weighted by Crippen LogP contribution is 2.43. The second-order valence-corrected chi connectivity index (χ2v) is 8.62.